The first kappa shape index (κ1) is 24.5. The number of nitrogens with zero attached hydrogens (tertiary/aromatic N) is 6. The lowest BCUT2D eigenvalue weighted by molar-refractivity contribution is 1.11. The van der Waals surface area contributed by atoms with Gasteiger partial charge in [-0.3, -0.25) is 8.97 Å². The normalized spacial score (nSPS) is 13.7. The van der Waals surface area contributed by atoms with E-state index >= 15 is 0 Å². The van der Waals surface area contributed by atoms with E-state index in [-0.39, 0.29) is 7.12 Å². The first-order valence-electron chi connectivity index (χ1n) is 15.4. The maximum absolute atomic E-state index is 5.22. The van der Waals surface area contributed by atoms with Crippen molar-refractivity contribution in [1.29, 1.82) is 0 Å². The fourth-order valence-electron chi connectivity index (χ4n) is 7.45. The highest BCUT2D eigenvalue weighted by Gasteiger charge is 2.53. The molecule has 0 radical (unpaired) electrons. The Morgan fingerprint density at radius 3 is 1.73 bits per heavy atom. The fraction of sp³-hybridized carbons (Fsp3) is 0.0263. The lowest BCUT2D eigenvalue weighted by Gasteiger charge is -2.31. The van der Waals surface area contributed by atoms with E-state index in [1.54, 1.807) is 0 Å². The van der Waals surface area contributed by atoms with Crippen molar-refractivity contribution in [3.63, 3.8) is 0 Å². The molecule has 2 aliphatic heterocycles. The molecule has 4 heterocycles. The van der Waals surface area contributed by atoms with E-state index in [2.05, 4.69) is 176 Å². The molecular weight excluding hydrogens is 551 g/mol. The van der Waals surface area contributed by atoms with Crippen LogP contribution >= 0.6 is 0 Å². The van der Waals surface area contributed by atoms with E-state index in [1.165, 1.54) is 28.3 Å². The highest BCUT2D eigenvalue weighted by atomic mass is 15.4. The van der Waals surface area contributed by atoms with Gasteiger partial charge in [-0.1, -0.05) is 72.8 Å². The molecule has 0 saturated heterocycles. The number of aryl methyl sites for hydroxylation is 1. The maximum Gasteiger partial charge on any atom is 0.519 e. The molecule has 0 aliphatic carbocycles. The minimum absolute atomic E-state index is 0.101. The van der Waals surface area contributed by atoms with Crippen LogP contribution in [0.15, 0.2) is 146 Å². The molecule has 2 aromatic heterocycles. The third kappa shape index (κ3) is 3.27. The van der Waals surface area contributed by atoms with E-state index in [0.717, 1.165) is 44.9 Å². The number of benzene rings is 6. The molecule has 10 rings (SSSR count). The molecule has 0 amide bonds. The van der Waals surface area contributed by atoms with Gasteiger partial charge in [0.2, 0.25) is 5.78 Å². The third-order valence-electron chi connectivity index (χ3n) is 9.33. The van der Waals surface area contributed by atoms with Gasteiger partial charge in [0.1, 0.15) is 0 Å². The number of aromatic nitrogens is 3. The van der Waals surface area contributed by atoms with Crippen LogP contribution in [0.25, 0.3) is 33.5 Å². The predicted molar refractivity (Wildman–Crippen MR) is 186 cm³/mol. The Balaban J connectivity index is 1.21. The molecule has 45 heavy (non-hydrogen) atoms. The summed E-state index contributed by atoms with van der Waals surface area (Å²) in [5, 5.41) is 0. The number of anilines is 6. The topological polar surface area (TPSA) is 32.0 Å². The SMILES string of the molecule is Cc1cccc2c1nc1n(-c3cccc(N4B5N(c6ccccc6)c6ccccc6N5c5ccccc54)c3)c3ccccc3n21. The van der Waals surface area contributed by atoms with E-state index in [0.29, 0.717) is 0 Å². The molecule has 0 unspecified atom stereocenters. The summed E-state index contributed by atoms with van der Waals surface area (Å²) >= 11 is 0. The third-order valence-corrected chi connectivity index (χ3v) is 9.33. The standard InChI is InChI=1S/C38H27BN6/c1-26-13-11-24-36-37(26)40-38-41(30-18-5-6-19-31(30)42(36)38)28-16-12-17-29(25-28)44-33-21-8-10-23-35(33)45-34-22-9-7-20-32(34)43(39(44)45)27-14-3-2-4-15-27/h2-25H,1H3. The minimum atomic E-state index is -0.101. The van der Waals surface area contributed by atoms with Crippen LogP contribution in [0.1, 0.15) is 5.56 Å². The van der Waals surface area contributed by atoms with Crippen molar-refractivity contribution in [2.45, 2.75) is 6.92 Å². The van der Waals surface area contributed by atoms with E-state index < -0.39 is 0 Å². The van der Waals surface area contributed by atoms with Crippen LogP contribution in [-0.2, 0) is 0 Å². The molecule has 0 saturated carbocycles. The summed E-state index contributed by atoms with van der Waals surface area (Å²) in [6.45, 7) is 2.14. The molecule has 0 bridgehead atoms. The number of fused-ring (bicyclic) bond motifs is 10. The quantitative estimate of drug-likeness (QED) is 0.196. The van der Waals surface area contributed by atoms with Gasteiger partial charge in [0.15, 0.2) is 0 Å². The zero-order valence-electron chi connectivity index (χ0n) is 24.6. The van der Waals surface area contributed by atoms with Gasteiger partial charge < -0.3 is 14.4 Å². The molecule has 212 valence electrons. The largest absolute Gasteiger partial charge is 0.519 e. The van der Waals surface area contributed by atoms with Crippen LogP contribution < -0.4 is 14.4 Å². The molecule has 0 spiro atoms. The number of imidazole rings is 2. The summed E-state index contributed by atoms with van der Waals surface area (Å²) in [5.41, 5.74) is 13.7. The maximum atomic E-state index is 5.22. The summed E-state index contributed by atoms with van der Waals surface area (Å²) in [5.74, 6) is 0.917. The molecule has 7 heteroatoms. The van der Waals surface area contributed by atoms with Crippen LogP contribution in [0.2, 0.25) is 0 Å². The second-order valence-electron chi connectivity index (χ2n) is 11.8. The van der Waals surface area contributed by atoms with Gasteiger partial charge in [0, 0.05) is 11.4 Å². The van der Waals surface area contributed by atoms with Gasteiger partial charge in [0.05, 0.1) is 50.5 Å². The highest BCUT2D eigenvalue weighted by Crippen LogP contribution is 2.55. The summed E-state index contributed by atoms with van der Waals surface area (Å²) in [4.78, 5) is 12.6. The van der Waals surface area contributed by atoms with Crippen molar-refractivity contribution < 1.29 is 0 Å². The van der Waals surface area contributed by atoms with Crippen molar-refractivity contribution in [3.05, 3.63) is 151 Å². The van der Waals surface area contributed by atoms with Gasteiger partial charge in [-0.2, -0.15) is 0 Å². The molecule has 6 nitrogen and oxygen atoms in total. The smallest absolute Gasteiger partial charge is 0.344 e. The Morgan fingerprint density at radius 2 is 1.00 bits per heavy atom. The van der Waals surface area contributed by atoms with Crippen molar-refractivity contribution >= 4 is 69.1 Å². The predicted octanol–water partition coefficient (Wildman–Crippen LogP) is 9.17. The minimum Gasteiger partial charge on any atom is -0.344 e. The number of hydrogen-bond donors (Lipinski definition) is 0. The van der Waals surface area contributed by atoms with Crippen molar-refractivity contribution in [2.24, 2.45) is 0 Å². The van der Waals surface area contributed by atoms with Crippen molar-refractivity contribution in [3.8, 4) is 5.69 Å². The fourth-order valence-corrected chi connectivity index (χ4v) is 7.45. The van der Waals surface area contributed by atoms with Gasteiger partial charge in [-0.25, -0.2) is 4.98 Å². The average Bonchev–Trinajstić information content (AvgIpc) is 3.81. The Morgan fingerprint density at radius 1 is 0.467 bits per heavy atom. The molecule has 0 N–H and O–H groups in total. The van der Waals surface area contributed by atoms with E-state index in [4.69, 9.17) is 4.98 Å². The van der Waals surface area contributed by atoms with Crippen LogP contribution in [0.3, 0.4) is 0 Å². The first-order valence-corrected chi connectivity index (χ1v) is 15.4. The molecular formula is C38H27BN6. The highest BCUT2D eigenvalue weighted by molar-refractivity contribution is 6.80. The van der Waals surface area contributed by atoms with Crippen molar-refractivity contribution in [1.82, 2.24) is 14.0 Å². The monoisotopic (exact) mass is 578 g/mol. The molecule has 2 aliphatic rings. The number of rotatable bonds is 3. The molecule has 0 atom stereocenters. The Hall–Kier alpha value is -5.95. The van der Waals surface area contributed by atoms with Crippen LogP contribution in [0, 0.1) is 6.92 Å². The number of para-hydroxylation sites is 8. The lowest BCUT2D eigenvalue weighted by atomic mass is 9.86. The molecule has 0 fully saturated rings. The summed E-state index contributed by atoms with van der Waals surface area (Å²) < 4.78 is 4.60. The van der Waals surface area contributed by atoms with Crippen molar-refractivity contribution in [2.75, 3.05) is 14.4 Å². The summed E-state index contributed by atoms with van der Waals surface area (Å²) in [6.07, 6.45) is 0. The van der Waals surface area contributed by atoms with Crippen LogP contribution in [-0.4, -0.2) is 21.1 Å². The molecule has 8 aromatic rings. The van der Waals surface area contributed by atoms with Crippen LogP contribution in [0.4, 0.5) is 34.1 Å². The zero-order chi connectivity index (χ0) is 29.6. The molecule has 6 aromatic carbocycles. The van der Waals surface area contributed by atoms with Crippen LogP contribution in [0.5, 0.6) is 0 Å². The van der Waals surface area contributed by atoms with E-state index in [9.17, 15) is 0 Å². The second-order valence-corrected chi connectivity index (χ2v) is 11.8. The summed E-state index contributed by atoms with van der Waals surface area (Å²) in [7, 11) is -0.101. The Bertz CT molecular complexity index is 2430. The lowest BCUT2D eigenvalue weighted by Crippen LogP contribution is -2.51. The van der Waals surface area contributed by atoms with Gasteiger partial charge in [-0.05, 0) is 85.3 Å². The summed E-state index contributed by atoms with van der Waals surface area (Å²) in [6, 6.07) is 52.1. The second kappa shape index (κ2) is 9.03. The zero-order valence-corrected chi connectivity index (χ0v) is 24.6. The van der Waals surface area contributed by atoms with E-state index in [1.807, 2.05) is 0 Å². The Labute approximate surface area is 260 Å². The van der Waals surface area contributed by atoms with Gasteiger partial charge in [0.25, 0.3) is 0 Å². The van der Waals surface area contributed by atoms with Gasteiger partial charge in [-0.15, -0.1) is 0 Å². The Kier molecular flexibility index (Phi) is 4.92. The average molecular weight is 578 g/mol. The first-order chi connectivity index (χ1) is 22.3. The number of hydrogen-bond acceptors (Lipinski definition) is 4. The van der Waals surface area contributed by atoms with Gasteiger partial charge >= 0.3 is 7.12 Å².